The van der Waals surface area contributed by atoms with E-state index in [1.807, 2.05) is 6.07 Å². The van der Waals surface area contributed by atoms with Crippen LogP contribution in [0.15, 0.2) is 65.1 Å². The maximum absolute atomic E-state index is 13.6. The monoisotopic (exact) mass is 638 g/mol. The average molecular weight is 639 g/mol. The number of halogens is 1. The van der Waals surface area contributed by atoms with E-state index in [0.29, 0.717) is 40.0 Å². The number of anilines is 1. The molecule has 0 aliphatic heterocycles. The molecule has 3 aromatic carbocycles. The van der Waals surface area contributed by atoms with Gasteiger partial charge in [0.25, 0.3) is 5.91 Å². The van der Waals surface area contributed by atoms with Crippen LogP contribution < -0.4 is 9.62 Å². The lowest BCUT2D eigenvalue weighted by atomic mass is 10.0. The Balaban J connectivity index is 1.31. The molecule has 1 aliphatic rings. The van der Waals surface area contributed by atoms with Crippen molar-refractivity contribution in [3.05, 3.63) is 88.7 Å². The SMILES string of the molecule is CNC(=O)c1c(-c2ccc(F)cc2)oc2cc(N(CCOCCOCc3ccc(C(=O)OC)cc3)S(C)(=O)=O)c(C3CC3)cc12. The summed E-state index contributed by atoms with van der Waals surface area (Å²) in [4.78, 5) is 24.6. The van der Waals surface area contributed by atoms with Gasteiger partial charge in [0.2, 0.25) is 10.0 Å². The van der Waals surface area contributed by atoms with E-state index < -0.39 is 21.8 Å². The third kappa shape index (κ3) is 7.52. The van der Waals surface area contributed by atoms with Crippen LogP contribution in [-0.2, 0) is 30.8 Å². The van der Waals surface area contributed by atoms with Crippen molar-refractivity contribution in [3.8, 4) is 11.3 Å². The van der Waals surface area contributed by atoms with Crippen molar-refractivity contribution < 1.29 is 41.0 Å². The molecule has 1 saturated carbocycles. The zero-order valence-electron chi connectivity index (χ0n) is 25.3. The number of fused-ring (bicyclic) bond motifs is 1. The third-order valence-corrected chi connectivity index (χ3v) is 8.72. The highest BCUT2D eigenvalue weighted by atomic mass is 32.2. The number of ether oxygens (including phenoxy) is 3. The van der Waals surface area contributed by atoms with Gasteiger partial charge in [-0.25, -0.2) is 17.6 Å². The molecule has 45 heavy (non-hydrogen) atoms. The molecule has 4 aromatic rings. The number of nitrogens with zero attached hydrogens (tertiary/aromatic N) is 1. The number of sulfonamides is 1. The zero-order chi connectivity index (χ0) is 32.1. The number of amides is 1. The van der Waals surface area contributed by atoms with Crippen LogP contribution in [0.3, 0.4) is 0 Å². The van der Waals surface area contributed by atoms with Gasteiger partial charge in [0.05, 0.1) is 63.2 Å². The summed E-state index contributed by atoms with van der Waals surface area (Å²) in [5, 5.41) is 3.21. The largest absolute Gasteiger partial charge is 0.465 e. The van der Waals surface area contributed by atoms with E-state index in [1.54, 1.807) is 30.3 Å². The minimum Gasteiger partial charge on any atom is -0.465 e. The van der Waals surface area contributed by atoms with Crippen molar-refractivity contribution in [1.29, 1.82) is 0 Å². The van der Waals surface area contributed by atoms with Gasteiger partial charge < -0.3 is 23.9 Å². The van der Waals surface area contributed by atoms with Crippen LogP contribution in [0.2, 0.25) is 0 Å². The standard InChI is InChI=1S/C33H35FN2O8S/c1-35-32(37)30-27-18-26(22-8-9-22)28(19-29(27)44-31(30)23-10-12-25(34)13-11-23)36(45(3,39)40)14-15-42-16-17-43-20-21-4-6-24(7-5-21)33(38)41-2/h4-7,10-13,18-19,22H,8-9,14-17,20H2,1-3H3,(H,35,37). The number of carbonyl (C=O) groups excluding carboxylic acids is 2. The van der Waals surface area contributed by atoms with Gasteiger partial charge in [-0.3, -0.25) is 9.10 Å². The number of benzene rings is 3. The topological polar surface area (TPSA) is 124 Å². The van der Waals surface area contributed by atoms with E-state index in [9.17, 15) is 22.4 Å². The highest BCUT2D eigenvalue weighted by Crippen LogP contribution is 2.48. The molecule has 238 valence electrons. The smallest absolute Gasteiger partial charge is 0.337 e. The Morgan fingerprint density at radius 1 is 1.00 bits per heavy atom. The minimum absolute atomic E-state index is 0.0624. The number of methoxy groups -OCH3 is 1. The number of carbonyl (C=O) groups is 2. The van der Waals surface area contributed by atoms with E-state index in [1.165, 1.54) is 42.7 Å². The fraction of sp³-hybridized carbons (Fsp3) is 0.333. The van der Waals surface area contributed by atoms with Crippen LogP contribution in [-0.4, -0.2) is 67.1 Å². The Bertz CT molecular complexity index is 1780. The lowest BCUT2D eigenvalue weighted by Gasteiger charge is -2.25. The predicted octanol–water partition coefficient (Wildman–Crippen LogP) is 5.26. The van der Waals surface area contributed by atoms with Gasteiger partial charge in [0, 0.05) is 24.1 Å². The van der Waals surface area contributed by atoms with E-state index in [-0.39, 0.29) is 44.0 Å². The van der Waals surface area contributed by atoms with Gasteiger partial charge in [-0.1, -0.05) is 12.1 Å². The zero-order valence-corrected chi connectivity index (χ0v) is 26.1. The first-order valence-electron chi connectivity index (χ1n) is 14.5. The summed E-state index contributed by atoms with van der Waals surface area (Å²) in [6.07, 6.45) is 2.94. The minimum atomic E-state index is -3.71. The average Bonchev–Trinajstić information content (AvgIpc) is 3.81. The molecular formula is C33H35FN2O8S. The van der Waals surface area contributed by atoms with Gasteiger partial charge in [0.1, 0.15) is 17.2 Å². The van der Waals surface area contributed by atoms with Crippen LogP contribution in [0.25, 0.3) is 22.3 Å². The highest BCUT2D eigenvalue weighted by molar-refractivity contribution is 7.92. The molecule has 1 aliphatic carbocycles. The normalized spacial score (nSPS) is 13.2. The fourth-order valence-corrected chi connectivity index (χ4v) is 6.04. The molecule has 12 heteroatoms. The number of hydrogen-bond donors (Lipinski definition) is 1. The maximum Gasteiger partial charge on any atom is 0.337 e. The fourth-order valence-electron chi connectivity index (χ4n) is 5.12. The number of esters is 1. The van der Waals surface area contributed by atoms with Crippen molar-refractivity contribution in [1.82, 2.24) is 5.32 Å². The Labute approximate surface area is 261 Å². The summed E-state index contributed by atoms with van der Waals surface area (Å²) >= 11 is 0. The number of nitrogens with one attached hydrogen (secondary N) is 1. The molecule has 1 N–H and O–H groups in total. The second-order valence-corrected chi connectivity index (χ2v) is 12.7. The Morgan fingerprint density at radius 2 is 1.69 bits per heavy atom. The van der Waals surface area contributed by atoms with Gasteiger partial charge >= 0.3 is 5.97 Å². The third-order valence-electron chi connectivity index (χ3n) is 7.54. The summed E-state index contributed by atoms with van der Waals surface area (Å²) < 4.78 is 63.3. The number of hydrogen-bond acceptors (Lipinski definition) is 8. The number of rotatable bonds is 14. The van der Waals surface area contributed by atoms with Crippen LogP contribution in [0.4, 0.5) is 10.1 Å². The first kappa shape index (κ1) is 32.1. The number of furan rings is 1. The second kappa shape index (κ2) is 13.8. The van der Waals surface area contributed by atoms with Crippen LogP contribution in [0.1, 0.15) is 50.6 Å². The van der Waals surface area contributed by atoms with E-state index in [0.717, 1.165) is 30.2 Å². The lowest BCUT2D eigenvalue weighted by molar-refractivity contribution is 0.0435. The Hall–Kier alpha value is -4.26. The molecule has 0 unspecified atom stereocenters. The van der Waals surface area contributed by atoms with Crippen LogP contribution in [0.5, 0.6) is 0 Å². The van der Waals surface area contributed by atoms with E-state index >= 15 is 0 Å². The summed E-state index contributed by atoms with van der Waals surface area (Å²) in [5.74, 6) is -0.769. The Kier molecular flexibility index (Phi) is 9.86. The van der Waals surface area contributed by atoms with Gasteiger partial charge in [0.15, 0.2) is 0 Å². The van der Waals surface area contributed by atoms with Crippen molar-refractivity contribution in [2.75, 3.05) is 51.1 Å². The van der Waals surface area contributed by atoms with Crippen molar-refractivity contribution in [3.63, 3.8) is 0 Å². The molecule has 0 saturated heterocycles. The second-order valence-electron chi connectivity index (χ2n) is 10.8. The summed E-state index contributed by atoms with van der Waals surface area (Å²) in [7, 11) is -0.867. The molecule has 1 fully saturated rings. The molecule has 10 nitrogen and oxygen atoms in total. The quantitative estimate of drug-likeness (QED) is 0.147. The van der Waals surface area contributed by atoms with Crippen molar-refractivity contribution in [2.24, 2.45) is 0 Å². The molecule has 0 spiro atoms. The van der Waals surface area contributed by atoms with Gasteiger partial charge in [-0.05, 0) is 72.4 Å². The van der Waals surface area contributed by atoms with E-state index in [4.69, 9.17) is 18.6 Å². The van der Waals surface area contributed by atoms with Crippen molar-refractivity contribution in [2.45, 2.75) is 25.4 Å². The molecule has 0 atom stereocenters. The van der Waals surface area contributed by atoms with Crippen molar-refractivity contribution >= 4 is 38.6 Å². The summed E-state index contributed by atoms with van der Waals surface area (Å²) in [6, 6.07) is 16.1. The lowest BCUT2D eigenvalue weighted by Crippen LogP contribution is -2.34. The predicted molar refractivity (Wildman–Crippen MR) is 167 cm³/mol. The van der Waals surface area contributed by atoms with Crippen LogP contribution in [0, 0.1) is 5.82 Å². The molecule has 5 rings (SSSR count). The van der Waals surface area contributed by atoms with E-state index in [2.05, 4.69) is 5.32 Å². The molecule has 1 aromatic heterocycles. The van der Waals surface area contributed by atoms with Gasteiger partial charge in [-0.15, -0.1) is 0 Å². The molecule has 0 bridgehead atoms. The first-order valence-corrected chi connectivity index (χ1v) is 16.3. The van der Waals surface area contributed by atoms with Gasteiger partial charge in [-0.2, -0.15) is 0 Å². The summed E-state index contributed by atoms with van der Waals surface area (Å²) in [5.41, 5.74) is 3.80. The highest BCUT2D eigenvalue weighted by Gasteiger charge is 2.33. The first-order chi connectivity index (χ1) is 21.6. The molecule has 1 amide bonds. The molecule has 0 radical (unpaired) electrons. The molecule has 1 heterocycles. The molecular weight excluding hydrogens is 603 g/mol. The Morgan fingerprint density at radius 3 is 2.31 bits per heavy atom. The van der Waals surface area contributed by atoms with Crippen LogP contribution >= 0.6 is 0 Å². The summed E-state index contributed by atoms with van der Waals surface area (Å²) in [6.45, 7) is 1.05. The maximum atomic E-state index is 13.6.